The molecule has 0 saturated heterocycles. The van der Waals surface area contributed by atoms with E-state index in [0.717, 1.165) is 36.9 Å². The number of rotatable bonds is 5. The molecular weight excluding hydrogens is 176 g/mol. The fourth-order valence-corrected chi connectivity index (χ4v) is 3.15. The standard InChI is InChI=1S/C12H20O2/c1-13-6-5-11-9-3-4-10(7-9)12(11)8-14-2/h3-4,9-12H,5-8H2,1-2H3. The Balaban J connectivity index is 1.95. The highest BCUT2D eigenvalue weighted by molar-refractivity contribution is 5.13. The van der Waals surface area contributed by atoms with E-state index in [1.165, 1.54) is 12.8 Å². The molecule has 2 aliphatic carbocycles. The van der Waals surface area contributed by atoms with E-state index in [0.29, 0.717) is 0 Å². The number of allylic oxidation sites excluding steroid dienone is 2. The fourth-order valence-electron chi connectivity index (χ4n) is 3.15. The first-order chi connectivity index (χ1) is 6.86. The lowest BCUT2D eigenvalue weighted by atomic mass is 9.81. The van der Waals surface area contributed by atoms with E-state index in [1.54, 1.807) is 7.11 Å². The van der Waals surface area contributed by atoms with Crippen molar-refractivity contribution < 1.29 is 9.47 Å². The Morgan fingerprint density at radius 1 is 1.07 bits per heavy atom. The van der Waals surface area contributed by atoms with Crippen LogP contribution in [0.1, 0.15) is 12.8 Å². The Labute approximate surface area is 86.3 Å². The maximum Gasteiger partial charge on any atom is 0.0499 e. The van der Waals surface area contributed by atoms with Gasteiger partial charge in [-0.15, -0.1) is 0 Å². The highest BCUT2D eigenvalue weighted by atomic mass is 16.5. The number of methoxy groups -OCH3 is 2. The van der Waals surface area contributed by atoms with Crippen LogP contribution in [0.3, 0.4) is 0 Å². The van der Waals surface area contributed by atoms with Gasteiger partial charge in [-0.2, -0.15) is 0 Å². The molecule has 0 aliphatic heterocycles. The van der Waals surface area contributed by atoms with Gasteiger partial charge in [-0.1, -0.05) is 12.2 Å². The van der Waals surface area contributed by atoms with Crippen LogP contribution in [0.2, 0.25) is 0 Å². The van der Waals surface area contributed by atoms with Gasteiger partial charge in [0.25, 0.3) is 0 Å². The Morgan fingerprint density at radius 3 is 2.43 bits per heavy atom. The number of fused-ring (bicyclic) bond motifs is 2. The SMILES string of the molecule is COCCC1C2C=CC(C2)C1COC. The van der Waals surface area contributed by atoms with Gasteiger partial charge in [-0.3, -0.25) is 0 Å². The number of hydrogen-bond acceptors (Lipinski definition) is 2. The van der Waals surface area contributed by atoms with Crippen molar-refractivity contribution in [2.24, 2.45) is 23.7 Å². The van der Waals surface area contributed by atoms with E-state index in [1.807, 2.05) is 7.11 Å². The topological polar surface area (TPSA) is 18.5 Å². The largest absolute Gasteiger partial charge is 0.385 e. The van der Waals surface area contributed by atoms with E-state index in [-0.39, 0.29) is 0 Å². The molecule has 0 N–H and O–H groups in total. The lowest BCUT2D eigenvalue weighted by molar-refractivity contribution is 0.0925. The minimum atomic E-state index is 0.741. The summed E-state index contributed by atoms with van der Waals surface area (Å²) in [7, 11) is 3.59. The summed E-state index contributed by atoms with van der Waals surface area (Å²) in [6.07, 6.45) is 7.33. The molecule has 4 atom stereocenters. The van der Waals surface area contributed by atoms with Crippen LogP contribution < -0.4 is 0 Å². The van der Waals surface area contributed by atoms with Crippen molar-refractivity contribution in [3.05, 3.63) is 12.2 Å². The Morgan fingerprint density at radius 2 is 1.79 bits per heavy atom. The summed E-state index contributed by atoms with van der Waals surface area (Å²) in [5.74, 6) is 3.12. The molecule has 0 spiro atoms. The molecule has 2 bridgehead atoms. The van der Waals surface area contributed by atoms with Crippen molar-refractivity contribution in [3.8, 4) is 0 Å². The maximum atomic E-state index is 5.31. The monoisotopic (exact) mass is 196 g/mol. The first-order valence-electron chi connectivity index (χ1n) is 5.53. The quantitative estimate of drug-likeness (QED) is 0.627. The first-order valence-corrected chi connectivity index (χ1v) is 5.53. The molecule has 4 unspecified atom stereocenters. The third-order valence-electron chi connectivity index (χ3n) is 3.81. The molecule has 80 valence electrons. The van der Waals surface area contributed by atoms with Gasteiger partial charge in [0.15, 0.2) is 0 Å². The summed E-state index contributed by atoms with van der Waals surface area (Å²) in [4.78, 5) is 0. The van der Waals surface area contributed by atoms with E-state index >= 15 is 0 Å². The molecule has 2 heteroatoms. The van der Waals surface area contributed by atoms with Crippen molar-refractivity contribution in [1.29, 1.82) is 0 Å². The van der Waals surface area contributed by atoms with Crippen LogP contribution in [0.15, 0.2) is 12.2 Å². The summed E-state index contributed by atoms with van der Waals surface area (Å²) in [5, 5.41) is 0. The van der Waals surface area contributed by atoms with Gasteiger partial charge >= 0.3 is 0 Å². The van der Waals surface area contributed by atoms with Crippen LogP contribution in [-0.2, 0) is 9.47 Å². The second-order valence-corrected chi connectivity index (χ2v) is 4.51. The molecule has 0 aromatic carbocycles. The molecular formula is C12H20O2. The normalized spacial score (nSPS) is 39.6. The fraction of sp³-hybridized carbons (Fsp3) is 0.833. The second-order valence-electron chi connectivity index (χ2n) is 4.51. The number of hydrogen-bond donors (Lipinski definition) is 0. The lowest BCUT2D eigenvalue weighted by Gasteiger charge is -2.27. The van der Waals surface area contributed by atoms with Crippen LogP contribution >= 0.6 is 0 Å². The summed E-state index contributed by atoms with van der Waals surface area (Å²) in [6, 6.07) is 0. The van der Waals surface area contributed by atoms with Crippen molar-refractivity contribution in [2.45, 2.75) is 12.8 Å². The lowest BCUT2D eigenvalue weighted by Crippen LogP contribution is -2.24. The molecule has 2 nitrogen and oxygen atoms in total. The van der Waals surface area contributed by atoms with Gasteiger partial charge in [-0.25, -0.2) is 0 Å². The Bertz CT molecular complexity index is 212. The van der Waals surface area contributed by atoms with Gasteiger partial charge in [0.2, 0.25) is 0 Å². The summed E-state index contributed by atoms with van der Waals surface area (Å²) in [6.45, 7) is 1.81. The van der Waals surface area contributed by atoms with Crippen molar-refractivity contribution in [2.75, 3.05) is 27.4 Å². The number of ether oxygens (including phenoxy) is 2. The van der Waals surface area contributed by atoms with Gasteiger partial charge in [-0.05, 0) is 36.5 Å². The first kappa shape index (κ1) is 10.2. The summed E-state index contributed by atoms with van der Waals surface area (Å²) >= 11 is 0. The van der Waals surface area contributed by atoms with E-state index in [9.17, 15) is 0 Å². The van der Waals surface area contributed by atoms with E-state index < -0.39 is 0 Å². The zero-order chi connectivity index (χ0) is 9.97. The molecule has 2 aliphatic rings. The van der Waals surface area contributed by atoms with Crippen LogP contribution in [0, 0.1) is 23.7 Å². The van der Waals surface area contributed by atoms with Crippen molar-refractivity contribution in [1.82, 2.24) is 0 Å². The van der Waals surface area contributed by atoms with Crippen molar-refractivity contribution >= 4 is 0 Å². The average molecular weight is 196 g/mol. The Kier molecular flexibility index (Phi) is 3.24. The smallest absolute Gasteiger partial charge is 0.0499 e. The molecule has 1 saturated carbocycles. The predicted molar refractivity (Wildman–Crippen MR) is 56.1 cm³/mol. The predicted octanol–water partition coefficient (Wildman–Crippen LogP) is 2.11. The zero-order valence-electron chi connectivity index (χ0n) is 9.11. The highest BCUT2D eigenvalue weighted by Gasteiger charge is 2.43. The van der Waals surface area contributed by atoms with Gasteiger partial charge in [0.05, 0.1) is 0 Å². The van der Waals surface area contributed by atoms with Crippen LogP contribution in [-0.4, -0.2) is 27.4 Å². The molecule has 0 amide bonds. The average Bonchev–Trinajstić information content (AvgIpc) is 2.76. The molecule has 0 aromatic heterocycles. The zero-order valence-corrected chi connectivity index (χ0v) is 9.11. The van der Waals surface area contributed by atoms with Crippen molar-refractivity contribution in [3.63, 3.8) is 0 Å². The van der Waals surface area contributed by atoms with E-state index in [2.05, 4.69) is 12.2 Å². The molecule has 0 heterocycles. The van der Waals surface area contributed by atoms with Crippen LogP contribution in [0.25, 0.3) is 0 Å². The summed E-state index contributed by atoms with van der Waals surface area (Å²) in [5.41, 5.74) is 0. The van der Waals surface area contributed by atoms with Crippen LogP contribution in [0.4, 0.5) is 0 Å². The Hall–Kier alpha value is -0.340. The maximum absolute atomic E-state index is 5.31. The second kappa shape index (κ2) is 4.45. The molecule has 0 aromatic rings. The van der Waals surface area contributed by atoms with Gasteiger partial charge in [0, 0.05) is 27.4 Å². The minimum absolute atomic E-state index is 0.741. The molecule has 1 fully saturated rings. The summed E-state index contributed by atoms with van der Waals surface area (Å²) < 4.78 is 10.5. The molecule has 0 radical (unpaired) electrons. The third-order valence-corrected chi connectivity index (χ3v) is 3.81. The van der Waals surface area contributed by atoms with Gasteiger partial charge < -0.3 is 9.47 Å². The molecule has 14 heavy (non-hydrogen) atoms. The third kappa shape index (κ3) is 1.73. The molecule has 2 rings (SSSR count). The minimum Gasteiger partial charge on any atom is -0.385 e. The highest BCUT2D eigenvalue weighted by Crippen LogP contribution is 2.49. The van der Waals surface area contributed by atoms with E-state index in [4.69, 9.17) is 9.47 Å². The van der Waals surface area contributed by atoms with Gasteiger partial charge in [0.1, 0.15) is 0 Å². The van der Waals surface area contributed by atoms with Crippen LogP contribution in [0.5, 0.6) is 0 Å².